The molecule has 11 heavy (non-hydrogen) atoms. The van der Waals surface area contributed by atoms with E-state index in [1.54, 1.807) is 0 Å². The minimum Gasteiger partial charge on any atom is -0.476 e. The predicted octanol–water partition coefficient (Wildman–Crippen LogP) is 1.61. The molecule has 0 amide bonds. The highest BCUT2D eigenvalue weighted by Gasteiger charge is 2.22. The maximum absolute atomic E-state index is 11.5. The minimum atomic E-state index is -1.98. The molecule has 1 unspecified atom stereocenters. The Morgan fingerprint density at radius 2 is 1.91 bits per heavy atom. The van der Waals surface area contributed by atoms with Crippen LogP contribution < -0.4 is 0 Å². The molecule has 0 aromatic heterocycles. The van der Waals surface area contributed by atoms with Crippen LogP contribution in [-0.4, -0.2) is 23.5 Å². The monoisotopic (exact) mass is 174 g/mol. The van der Waals surface area contributed by atoms with Gasteiger partial charge in [-0.25, -0.2) is 0 Å². The normalized spacial score (nSPS) is 13.6. The Kier molecular flexibility index (Phi) is 4.55. The van der Waals surface area contributed by atoms with Gasteiger partial charge >= 0.3 is 0 Å². The Morgan fingerprint density at radius 1 is 1.36 bits per heavy atom. The van der Waals surface area contributed by atoms with Crippen LogP contribution in [0.4, 0.5) is 17.9 Å². The van der Waals surface area contributed by atoms with Crippen molar-refractivity contribution < 1.29 is 22.7 Å². The summed E-state index contributed by atoms with van der Waals surface area (Å²) in [6, 6.07) is 0. The molecule has 0 fully saturated rings. The molecule has 66 valence electrons. The van der Waals surface area contributed by atoms with Crippen LogP contribution >= 0.6 is 0 Å². The fourth-order valence-corrected chi connectivity index (χ4v) is 0.380. The summed E-state index contributed by atoms with van der Waals surface area (Å²) in [5.74, 6) is 0. The molecule has 1 atom stereocenters. The van der Waals surface area contributed by atoms with Crippen LogP contribution in [0.1, 0.15) is 0 Å². The Hall–Kier alpha value is -0.820. The predicted molar refractivity (Wildman–Crippen MR) is 28.0 cm³/mol. The van der Waals surface area contributed by atoms with Gasteiger partial charge in [-0.05, 0) is 0 Å². The van der Waals surface area contributed by atoms with Gasteiger partial charge in [0, 0.05) is 5.34 Å². The van der Waals surface area contributed by atoms with Crippen molar-refractivity contribution in [2.24, 2.45) is 0 Å². The van der Waals surface area contributed by atoms with Crippen molar-refractivity contribution in [3.63, 3.8) is 0 Å². The molecule has 3 nitrogen and oxygen atoms in total. The molecule has 0 aromatic rings. The van der Waals surface area contributed by atoms with E-state index in [1.165, 1.54) is 0 Å². The lowest BCUT2D eigenvalue weighted by Gasteiger charge is -2.14. The molecule has 0 rings (SSSR count). The highest BCUT2D eigenvalue weighted by molar-refractivity contribution is 4.56. The van der Waals surface area contributed by atoms with Gasteiger partial charge in [0.25, 0.3) is 0 Å². The second-order valence-electron chi connectivity index (χ2n) is 1.50. The second kappa shape index (κ2) is 4.91. The van der Waals surface area contributed by atoms with Crippen molar-refractivity contribution in [1.82, 2.24) is 10.7 Å². The number of hydrogen-bond donors (Lipinski definition) is 0. The number of nitrogens with zero attached hydrogens (tertiary/aromatic N) is 2. The van der Waals surface area contributed by atoms with E-state index >= 15 is 0 Å². The van der Waals surface area contributed by atoms with Crippen LogP contribution in [0.5, 0.6) is 0 Å². The summed E-state index contributed by atoms with van der Waals surface area (Å²) in [4.78, 5) is 0. The second-order valence-corrected chi connectivity index (χ2v) is 1.50. The lowest BCUT2D eigenvalue weighted by atomic mass is 10.6. The van der Waals surface area contributed by atoms with Gasteiger partial charge in [0.05, 0.1) is 11.6 Å². The van der Waals surface area contributed by atoms with Crippen molar-refractivity contribution >= 4 is 0 Å². The van der Waals surface area contributed by atoms with Crippen molar-refractivity contribution in [2.75, 3.05) is 6.54 Å². The first-order valence-electron chi connectivity index (χ1n) is 2.54. The summed E-state index contributed by atoms with van der Waals surface area (Å²) in [5, 5.41) is -2.87. The molecule has 0 heterocycles. The van der Waals surface area contributed by atoms with E-state index in [9.17, 15) is 17.9 Å². The fourth-order valence-electron chi connectivity index (χ4n) is 0.380. The summed E-state index contributed by atoms with van der Waals surface area (Å²) in [6.45, 7) is 1.74. The Labute approximate surface area is 60.2 Å². The molecule has 0 aliphatic heterocycles. The van der Waals surface area contributed by atoms with Crippen LogP contribution in [-0.2, 0) is 4.74 Å². The summed E-state index contributed by atoms with van der Waals surface area (Å²) in [6.07, 6.45) is -1.32. The highest BCUT2D eigenvalue weighted by Crippen LogP contribution is 2.06. The zero-order valence-corrected chi connectivity index (χ0v) is 5.38. The maximum atomic E-state index is 11.5. The average molecular weight is 174 g/mol. The first-order chi connectivity index (χ1) is 5.07. The van der Waals surface area contributed by atoms with E-state index in [-0.39, 0.29) is 0 Å². The zero-order valence-electron chi connectivity index (χ0n) is 5.38. The fraction of sp³-hybridized carbons (Fsp3) is 0.500. The van der Waals surface area contributed by atoms with Crippen molar-refractivity contribution in [1.29, 1.82) is 0 Å². The summed E-state index contributed by atoms with van der Waals surface area (Å²) in [5.41, 5.74) is 0. The van der Waals surface area contributed by atoms with Crippen molar-refractivity contribution in [2.45, 2.75) is 6.23 Å². The van der Waals surface area contributed by atoms with Gasteiger partial charge in [-0.2, -0.15) is 0 Å². The Balaban J connectivity index is 3.78. The molecule has 0 saturated carbocycles. The van der Waals surface area contributed by atoms with Gasteiger partial charge in [-0.15, -0.1) is 8.96 Å². The Morgan fingerprint density at radius 3 is 2.18 bits per heavy atom. The van der Waals surface area contributed by atoms with E-state index in [0.29, 0.717) is 6.26 Å². The van der Waals surface area contributed by atoms with Crippen molar-refractivity contribution in [3.05, 3.63) is 12.8 Å². The minimum absolute atomic E-state index is 0.667. The standard InChI is InChI=1S/C4H6F4N2O/c1-2-11-4(10(7)8)3-9(5)6/h2,4H,1,3H2. The molecule has 0 aliphatic rings. The van der Waals surface area contributed by atoms with Gasteiger partial charge in [0.2, 0.25) is 6.23 Å². The van der Waals surface area contributed by atoms with Crippen molar-refractivity contribution in [3.8, 4) is 0 Å². The van der Waals surface area contributed by atoms with Crippen LogP contribution in [0.2, 0.25) is 0 Å². The maximum Gasteiger partial charge on any atom is 0.227 e. The number of rotatable bonds is 5. The Bertz CT molecular complexity index is 121. The van der Waals surface area contributed by atoms with Gasteiger partial charge in [-0.3, -0.25) is 0 Å². The van der Waals surface area contributed by atoms with Crippen LogP contribution in [0.3, 0.4) is 0 Å². The van der Waals surface area contributed by atoms with E-state index in [0.717, 1.165) is 0 Å². The van der Waals surface area contributed by atoms with Gasteiger partial charge in [0.15, 0.2) is 0 Å². The number of hydrogen-bond acceptors (Lipinski definition) is 3. The third-order valence-corrected chi connectivity index (χ3v) is 0.765. The number of halogens is 4. The molecule has 0 aliphatic carbocycles. The molecule has 0 bridgehead atoms. The smallest absolute Gasteiger partial charge is 0.227 e. The summed E-state index contributed by atoms with van der Waals surface area (Å²) in [7, 11) is 0. The molecule has 0 saturated heterocycles. The lowest BCUT2D eigenvalue weighted by Crippen LogP contribution is -2.31. The third-order valence-electron chi connectivity index (χ3n) is 0.765. The molecule has 0 spiro atoms. The molecular formula is C4H6F4N2O. The lowest BCUT2D eigenvalue weighted by molar-refractivity contribution is -0.282. The van der Waals surface area contributed by atoms with Gasteiger partial charge in [0.1, 0.15) is 6.54 Å². The van der Waals surface area contributed by atoms with E-state index < -0.39 is 23.5 Å². The number of ether oxygens (including phenoxy) is 1. The topological polar surface area (TPSA) is 15.7 Å². The average Bonchev–Trinajstić information content (AvgIpc) is 1.86. The van der Waals surface area contributed by atoms with Gasteiger partial charge < -0.3 is 4.74 Å². The van der Waals surface area contributed by atoms with Gasteiger partial charge in [-0.1, -0.05) is 15.5 Å². The molecule has 7 heteroatoms. The first-order valence-corrected chi connectivity index (χ1v) is 2.54. The largest absolute Gasteiger partial charge is 0.476 e. The molecule has 0 aromatic carbocycles. The molecule has 0 N–H and O–H groups in total. The van der Waals surface area contributed by atoms with E-state index in [1.807, 2.05) is 0 Å². The van der Waals surface area contributed by atoms with Crippen LogP contribution in [0, 0.1) is 0 Å². The molecular weight excluding hydrogens is 168 g/mol. The summed E-state index contributed by atoms with van der Waals surface area (Å²) >= 11 is 0. The first kappa shape index (κ1) is 10.2. The van der Waals surface area contributed by atoms with E-state index in [2.05, 4.69) is 11.3 Å². The SMILES string of the molecule is C=COC(CN(F)F)N(F)F. The quantitative estimate of drug-likeness (QED) is 0.272. The van der Waals surface area contributed by atoms with Crippen LogP contribution in [0.15, 0.2) is 12.8 Å². The molecule has 0 radical (unpaired) electrons. The zero-order chi connectivity index (χ0) is 8.85. The van der Waals surface area contributed by atoms with E-state index in [4.69, 9.17) is 0 Å². The summed E-state index contributed by atoms with van der Waals surface area (Å²) < 4.78 is 49.8. The highest BCUT2D eigenvalue weighted by atomic mass is 19.4. The third kappa shape index (κ3) is 4.57. The van der Waals surface area contributed by atoms with Crippen LogP contribution in [0.25, 0.3) is 0 Å².